The quantitative estimate of drug-likeness (QED) is 0.589. The summed E-state index contributed by atoms with van der Waals surface area (Å²) in [6.07, 6.45) is 7.12. The first-order valence-corrected chi connectivity index (χ1v) is 8.74. The second-order valence-corrected chi connectivity index (χ2v) is 6.69. The minimum Gasteiger partial charge on any atom is -0.381 e. The van der Waals surface area contributed by atoms with Crippen molar-refractivity contribution >= 4 is 22.3 Å². The standard InChI is InChI=1S/C18H18N6O2/c25-18-23-17-15(24(18)9-11-1-3-26-4-2-11)6-13(8-20-17)12-5-14-16(19-7-12)22-10-21-14/h5-8,10-11H,1-4,9H2,(H,19,21,22)(H,20,23,25). The van der Waals surface area contributed by atoms with E-state index in [1.165, 1.54) is 0 Å². The lowest BCUT2D eigenvalue weighted by Gasteiger charge is -2.22. The summed E-state index contributed by atoms with van der Waals surface area (Å²) in [5.41, 5.74) is 4.73. The van der Waals surface area contributed by atoms with E-state index in [1.807, 2.05) is 12.1 Å². The smallest absolute Gasteiger partial charge is 0.327 e. The Morgan fingerprint density at radius 2 is 1.92 bits per heavy atom. The summed E-state index contributed by atoms with van der Waals surface area (Å²) in [6, 6.07) is 3.99. The maximum absolute atomic E-state index is 12.4. The van der Waals surface area contributed by atoms with Crippen LogP contribution in [0.3, 0.4) is 0 Å². The summed E-state index contributed by atoms with van der Waals surface area (Å²) < 4.78 is 7.22. The molecule has 5 rings (SSSR count). The minimum absolute atomic E-state index is 0.113. The van der Waals surface area contributed by atoms with Gasteiger partial charge in [0.25, 0.3) is 0 Å². The van der Waals surface area contributed by atoms with Gasteiger partial charge in [-0.2, -0.15) is 0 Å². The molecule has 1 saturated heterocycles. The summed E-state index contributed by atoms with van der Waals surface area (Å²) in [5.74, 6) is 0.451. The largest absolute Gasteiger partial charge is 0.381 e. The first-order chi connectivity index (χ1) is 12.8. The summed E-state index contributed by atoms with van der Waals surface area (Å²) in [5, 5.41) is 0. The van der Waals surface area contributed by atoms with E-state index >= 15 is 0 Å². The molecule has 8 heteroatoms. The van der Waals surface area contributed by atoms with E-state index in [0.717, 1.165) is 48.2 Å². The molecule has 1 aliphatic heterocycles. The van der Waals surface area contributed by atoms with Gasteiger partial charge in [0.05, 0.1) is 17.4 Å². The molecule has 0 bridgehead atoms. The number of aromatic amines is 2. The van der Waals surface area contributed by atoms with Crippen LogP contribution >= 0.6 is 0 Å². The Balaban J connectivity index is 1.57. The number of fused-ring (bicyclic) bond motifs is 2. The van der Waals surface area contributed by atoms with E-state index < -0.39 is 0 Å². The Hall–Kier alpha value is -3.00. The van der Waals surface area contributed by atoms with Crippen LogP contribution in [0.15, 0.2) is 35.6 Å². The molecule has 0 spiro atoms. The lowest BCUT2D eigenvalue weighted by Crippen LogP contribution is -2.25. The molecule has 132 valence electrons. The van der Waals surface area contributed by atoms with E-state index in [0.29, 0.717) is 23.8 Å². The van der Waals surface area contributed by atoms with Gasteiger partial charge in [-0.3, -0.25) is 9.55 Å². The van der Waals surface area contributed by atoms with Crippen LogP contribution < -0.4 is 5.69 Å². The van der Waals surface area contributed by atoms with Gasteiger partial charge < -0.3 is 9.72 Å². The maximum Gasteiger partial charge on any atom is 0.327 e. The third kappa shape index (κ3) is 2.59. The maximum atomic E-state index is 12.4. The van der Waals surface area contributed by atoms with Gasteiger partial charge in [0.15, 0.2) is 11.3 Å². The molecule has 4 aromatic rings. The van der Waals surface area contributed by atoms with Gasteiger partial charge in [-0.05, 0) is 30.9 Å². The number of nitrogens with zero attached hydrogens (tertiary/aromatic N) is 4. The third-order valence-electron chi connectivity index (χ3n) is 5.02. The first kappa shape index (κ1) is 15.3. The highest BCUT2D eigenvalue weighted by Gasteiger charge is 2.18. The third-order valence-corrected chi connectivity index (χ3v) is 5.02. The van der Waals surface area contributed by atoms with Gasteiger partial charge in [-0.15, -0.1) is 0 Å². The molecule has 5 heterocycles. The van der Waals surface area contributed by atoms with Crippen LogP contribution in [0.4, 0.5) is 0 Å². The van der Waals surface area contributed by atoms with E-state index in [9.17, 15) is 4.79 Å². The van der Waals surface area contributed by atoms with Crippen molar-refractivity contribution in [3.8, 4) is 11.1 Å². The Morgan fingerprint density at radius 3 is 2.81 bits per heavy atom. The van der Waals surface area contributed by atoms with Crippen LogP contribution in [0, 0.1) is 5.92 Å². The number of H-pyrrole nitrogens is 2. The Labute approximate surface area is 148 Å². The molecule has 0 radical (unpaired) electrons. The van der Waals surface area contributed by atoms with Gasteiger partial charge in [0.2, 0.25) is 0 Å². The molecule has 0 amide bonds. The highest BCUT2D eigenvalue weighted by atomic mass is 16.5. The molecule has 2 N–H and O–H groups in total. The lowest BCUT2D eigenvalue weighted by atomic mass is 10.0. The molecule has 8 nitrogen and oxygen atoms in total. The fourth-order valence-electron chi connectivity index (χ4n) is 3.55. The van der Waals surface area contributed by atoms with Crippen molar-refractivity contribution in [3.63, 3.8) is 0 Å². The van der Waals surface area contributed by atoms with Crippen molar-refractivity contribution < 1.29 is 4.74 Å². The topological polar surface area (TPSA) is 101 Å². The average Bonchev–Trinajstić information content (AvgIpc) is 3.26. The Bertz CT molecular complexity index is 1140. The fourth-order valence-corrected chi connectivity index (χ4v) is 3.55. The van der Waals surface area contributed by atoms with Crippen molar-refractivity contribution in [1.82, 2.24) is 29.5 Å². The van der Waals surface area contributed by atoms with E-state index in [2.05, 4.69) is 24.9 Å². The van der Waals surface area contributed by atoms with Crippen LogP contribution in [0.25, 0.3) is 33.5 Å². The number of hydrogen-bond acceptors (Lipinski definition) is 5. The number of aromatic nitrogens is 6. The van der Waals surface area contributed by atoms with Gasteiger partial charge in [0.1, 0.15) is 0 Å². The molecule has 26 heavy (non-hydrogen) atoms. The van der Waals surface area contributed by atoms with Crippen molar-refractivity contribution in [1.29, 1.82) is 0 Å². The molecule has 0 saturated carbocycles. The predicted molar refractivity (Wildman–Crippen MR) is 96.8 cm³/mol. The van der Waals surface area contributed by atoms with Crippen molar-refractivity contribution in [3.05, 3.63) is 41.3 Å². The average molecular weight is 350 g/mol. The molecule has 0 aliphatic carbocycles. The first-order valence-electron chi connectivity index (χ1n) is 8.74. The van der Waals surface area contributed by atoms with E-state index in [4.69, 9.17) is 4.74 Å². The van der Waals surface area contributed by atoms with Crippen molar-refractivity contribution in [2.75, 3.05) is 13.2 Å². The minimum atomic E-state index is -0.113. The van der Waals surface area contributed by atoms with Crippen LogP contribution in [-0.2, 0) is 11.3 Å². The number of ether oxygens (including phenoxy) is 1. The molecule has 4 aromatic heterocycles. The summed E-state index contributed by atoms with van der Waals surface area (Å²) in [4.78, 5) is 31.3. The number of imidazole rings is 2. The molecule has 1 aliphatic rings. The second kappa shape index (κ2) is 6.06. The molecule has 0 unspecified atom stereocenters. The molecule has 0 atom stereocenters. The Morgan fingerprint density at radius 1 is 1.12 bits per heavy atom. The molecular formula is C18H18N6O2. The molecular weight excluding hydrogens is 332 g/mol. The van der Waals surface area contributed by atoms with Crippen LogP contribution in [0.2, 0.25) is 0 Å². The van der Waals surface area contributed by atoms with Crippen LogP contribution in [0.5, 0.6) is 0 Å². The highest BCUT2D eigenvalue weighted by molar-refractivity contribution is 5.82. The van der Waals surface area contributed by atoms with Crippen LogP contribution in [-0.4, -0.2) is 42.7 Å². The van der Waals surface area contributed by atoms with Crippen LogP contribution in [0.1, 0.15) is 12.8 Å². The summed E-state index contributed by atoms with van der Waals surface area (Å²) >= 11 is 0. The number of nitrogens with one attached hydrogen (secondary N) is 2. The SMILES string of the molecule is O=c1[nH]c2ncc(-c3cnc4nc[nH]c4c3)cc2n1CC1CCOCC1. The fraction of sp³-hybridized carbons (Fsp3) is 0.333. The van der Waals surface area contributed by atoms with Gasteiger partial charge in [-0.25, -0.2) is 19.7 Å². The second-order valence-electron chi connectivity index (χ2n) is 6.69. The summed E-state index contributed by atoms with van der Waals surface area (Å²) in [6.45, 7) is 2.22. The molecule has 0 aromatic carbocycles. The van der Waals surface area contributed by atoms with E-state index in [-0.39, 0.29) is 5.69 Å². The lowest BCUT2D eigenvalue weighted by molar-refractivity contribution is 0.0613. The zero-order chi connectivity index (χ0) is 17.5. The zero-order valence-corrected chi connectivity index (χ0v) is 14.1. The van der Waals surface area contributed by atoms with Gasteiger partial charge >= 0.3 is 5.69 Å². The normalized spacial score (nSPS) is 15.8. The van der Waals surface area contributed by atoms with E-state index in [1.54, 1.807) is 23.3 Å². The highest BCUT2D eigenvalue weighted by Crippen LogP contribution is 2.24. The summed E-state index contributed by atoms with van der Waals surface area (Å²) in [7, 11) is 0. The van der Waals surface area contributed by atoms with Gasteiger partial charge in [0, 0.05) is 43.3 Å². The number of pyridine rings is 2. The zero-order valence-electron chi connectivity index (χ0n) is 14.1. The monoisotopic (exact) mass is 350 g/mol. The van der Waals surface area contributed by atoms with Crippen molar-refractivity contribution in [2.45, 2.75) is 19.4 Å². The van der Waals surface area contributed by atoms with Crippen molar-refractivity contribution in [2.24, 2.45) is 5.92 Å². The predicted octanol–water partition coefficient (Wildman–Crippen LogP) is 2.09. The Kier molecular flexibility index (Phi) is 3.56. The number of hydrogen-bond donors (Lipinski definition) is 2. The van der Waals surface area contributed by atoms with Gasteiger partial charge in [-0.1, -0.05) is 0 Å². The molecule has 1 fully saturated rings. The number of rotatable bonds is 3.